The molecule has 6 heterocycles. The smallest absolute Gasteiger partial charge is 0.410 e. The third-order valence-corrected chi connectivity index (χ3v) is 15.5. The van der Waals surface area contributed by atoms with Crippen molar-refractivity contribution >= 4 is 40.7 Å². The standard InChI is InChI=1S/C61H77N7O10/c1-12-66-50-21-20-40-29-45(50)47(54(66)46-30-43(32-62-52(46)37(4)74-11)75-33-38-17-14-13-15-18-38)31-61(8,9)35-77-58(72)48-19-16-23-68(64-48)57(71)49-27-39-25-41(40)28-42(26-39)76-34-51-44(22-24-67(51)59(73)78-60(5,6)7)56(70)65(10)53(36(2)3)55(69)63-49/h13-15,17-18,20-21,25-26,28-30,32,36-37,44,48-49,51,53,64H,12,16,19,22-24,27,31,33-35H2,1-11H3,(H,63,69)/t37-,44-,48-,49-,51+,53-/m0/s1. The van der Waals surface area contributed by atoms with Gasteiger partial charge in [0.15, 0.2) is 0 Å². The fourth-order valence-electron chi connectivity index (χ4n) is 11.6. The topological polar surface area (TPSA) is 183 Å². The number of nitrogens with one attached hydrogen (secondary N) is 2. The Kier molecular flexibility index (Phi) is 16.3. The molecule has 2 fully saturated rings. The molecule has 0 unspecified atom stereocenters. The highest BCUT2D eigenvalue weighted by Gasteiger charge is 2.47. The number of hydrazine groups is 1. The molecule has 5 aromatic rings. The van der Waals surface area contributed by atoms with Crippen molar-refractivity contribution in [3.05, 3.63) is 101 Å². The zero-order chi connectivity index (χ0) is 55.8. The van der Waals surface area contributed by atoms with Crippen molar-refractivity contribution in [2.24, 2.45) is 17.3 Å². The van der Waals surface area contributed by atoms with Crippen LogP contribution in [0.1, 0.15) is 110 Å². The number of rotatable bonds is 8. The van der Waals surface area contributed by atoms with E-state index >= 15 is 0 Å². The molecule has 0 aliphatic carbocycles. The van der Waals surface area contributed by atoms with Crippen molar-refractivity contribution in [1.82, 2.24) is 35.1 Å². The van der Waals surface area contributed by atoms with Crippen molar-refractivity contribution in [2.75, 3.05) is 40.5 Å². The zero-order valence-electron chi connectivity index (χ0n) is 47.1. The van der Waals surface area contributed by atoms with Crippen molar-refractivity contribution in [1.29, 1.82) is 0 Å². The molecule has 17 nitrogen and oxygen atoms in total. The number of pyridine rings is 1. The van der Waals surface area contributed by atoms with Crippen molar-refractivity contribution in [3.63, 3.8) is 0 Å². The number of hydrogen-bond acceptors (Lipinski definition) is 12. The lowest BCUT2D eigenvalue weighted by molar-refractivity contribution is -0.155. The highest BCUT2D eigenvalue weighted by molar-refractivity contribution is 5.96. The number of methoxy groups -OCH3 is 1. The molecule has 3 aromatic carbocycles. The molecule has 0 saturated carbocycles. The number of hydrogen-bond donors (Lipinski definition) is 2. The summed E-state index contributed by atoms with van der Waals surface area (Å²) in [7, 11) is 3.28. The van der Waals surface area contributed by atoms with Gasteiger partial charge in [-0.1, -0.05) is 70.2 Å². The van der Waals surface area contributed by atoms with E-state index in [1.807, 2.05) is 75.4 Å². The van der Waals surface area contributed by atoms with Crippen LogP contribution in [0.15, 0.2) is 79.0 Å². The second kappa shape index (κ2) is 22.8. The largest absolute Gasteiger partial charge is 0.491 e. The first kappa shape index (κ1) is 55.8. The minimum Gasteiger partial charge on any atom is -0.491 e. The molecular formula is C61H77N7O10. The van der Waals surface area contributed by atoms with Gasteiger partial charge in [-0.25, -0.2) is 10.2 Å². The predicted octanol–water partition coefficient (Wildman–Crippen LogP) is 8.83. The van der Waals surface area contributed by atoms with Crippen LogP contribution in [0.2, 0.25) is 0 Å². The number of cyclic esters (lactones) is 1. The van der Waals surface area contributed by atoms with Gasteiger partial charge in [0.2, 0.25) is 11.8 Å². The number of aryl methyl sites for hydroxylation is 1. The molecule has 8 bridgehead atoms. The Morgan fingerprint density at radius 3 is 2.40 bits per heavy atom. The summed E-state index contributed by atoms with van der Waals surface area (Å²) in [6.45, 7) is 18.9. The average molecular weight is 1070 g/mol. The molecule has 2 aromatic heterocycles. The van der Waals surface area contributed by atoms with Crippen LogP contribution < -0.4 is 20.2 Å². The van der Waals surface area contributed by atoms with Crippen LogP contribution in [0.25, 0.3) is 33.3 Å². The molecule has 416 valence electrons. The third-order valence-electron chi connectivity index (χ3n) is 15.5. The summed E-state index contributed by atoms with van der Waals surface area (Å²) < 4.78 is 33.6. The number of nitrogens with zero attached hydrogens (tertiary/aromatic N) is 5. The van der Waals surface area contributed by atoms with Crippen LogP contribution in [-0.4, -0.2) is 124 Å². The number of amides is 4. The molecule has 4 aliphatic heterocycles. The first-order valence-electron chi connectivity index (χ1n) is 27.6. The number of likely N-dealkylation sites (tertiary alicyclic amines) is 1. The maximum atomic E-state index is 15.0. The van der Waals surface area contributed by atoms with Gasteiger partial charge in [-0.05, 0) is 124 Å². The monoisotopic (exact) mass is 1070 g/mol. The van der Waals surface area contributed by atoms with Gasteiger partial charge in [-0.2, -0.15) is 0 Å². The average Bonchev–Trinajstić information content (AvgIpc) is 4.08. The van der Waals surface area contributed by atoms with Gasteiger partial charge < -0.3 is 43.4 Å². The minimum atomic E-state index is -1.13. The van der Waals surface area contributed by atoms with Gasteiger partial charge in [0.05, 0.1) is 42.3 Å². The predicted molar refractivity (Wildman–Crippen MR) is 296 cm³/mol. The molecule has 0 radical (unpaired) electrons. The highest BCUT2D eigenvalue weighted by Crippen LogP contribution is 2.44. The number of aromatic nitrogens is 2. The summed E-state index contributed by atoms with van der Waals surface area (Å²) in [5.74, 6) is -1.79. The van der Waals surface area contributed by atoms with E-state index in [9.17, 15) is 24.0 Å². The first-order valence-corrected chi connectivity index (χ1v) is 27.6. The van der Waals surface area contributed by atoms with Gasteiger partial charge in [-0.3, -0.25) is 29.2 Å². The second-order valence-corrected chi connectivity index (χ2v) is 23.5. The number of likely N-dealkylation sites (N-methyl/N-ethyl adjacent to an activating group) is 1. The summed E-state index contributed by atoms with van der Waals surface area (Å²) in [6.07, 6.45) is 2.60. The van der Waals surface area contributed by atoms with E-state index in [1.165, 1.54) is 9.91 Å². The van der Waals surface area contributed by atoms with Gasteiger partial charge >= 0.3 is 12.1 Å². The van der Waals surface area contributed by atoms with Crippen LogP contribution in [0.4, 0.5) is 4.79 Å². The number of ether oxygens (including phenoxy) is 5. The Bertz CT molecular complexity index is 3060. The van der Waals surface area contributed by atoms with Gasteiger partial charge in [0.25, 0.3) is 5.91 Å². The lowest BCUT2D eigenvalue weighted by atomic mass is 9.84. The fourth-order valence-corrected chi connectivity index (χ4v) is 11.6. The number of esters is 1. The van der Waals surface area contributed by atoms with E-state index in [1.54, 1.807) is 46.0 Å². The summed E-state index contributed by atoms with van der Waals surface area (Å²) in [4.78, 5) is 80.8. The van der Waals surface area contributed by atoms with Crippen LogP contribution >= 0.6 is 0 Å². The van der Waals surface area contributed by atoms with Gasteiger partial charge in [-0.15, -0.1) is 0 Å². The van der Waals surface area contributed by atoms with Crippen molar-refractivity contribution < 1.29 is 47.7 Å². The molecule has 4 amide bonds. The number of benzene rings is 3. The number of carbonyl (C=O) groups excluding carboxylic acids is 5. The molecule has 2 saturated heterocycles. The fraction of sp³-hybridized carbons (Fsp3) is 0.508. The maximum Gasteiger partial charge on any atom is 0.410 e. The molecule has 4 aliphatic rings. The van der Waals surface area contributed by atoms with Crippen molar-refractivity contribution in [3.8, 4) is 33.9 Å². The molecule has 9 rings (SSSR count). The van der Waals surface area contributed by atoms with E-state index in [0.717, 1.165) is 50.1 Å². The zero-order valence-corrected chi connectivity index (χ0v) is 47.1. The number of carbonyl (C=O) groups is 5. The minimum absolute atomic E-state index is 0.0365. The summed E-state index contributed by atoms with van der Waals surface area (Å²) in [5, 5.41) is 5.49. The van der Waals surface area contributed by atoms with Crippen LogP contribution in [0, 0.1) is 17.3 Å². The molecule has 17 heteroatoms. The molecule has 78 heavy (non-hydrogen) atoms. The van der Waals surface area contributed by atoms with Crippen molar-refractivity contribution in [2.45, 2.75) is 143 Å². The van der Waals surface area contributed by atoms with E-state index < -0.39 is 65.0 Å². The van der Waals surface area contributed by atoms with Crippen LogP contribution in [0.3, 0.4) is 0 Å². The number of fused-ring (bicyclic) bond motifs is 8. The summed E-state index contributed by atoms with van der Waals surface area (Å²) >= 11 is 0. The quantitative estimate of drug-likeness (QED) is 0.141. The van der Waals surface area contributed by atoms with E-state index in [0.29, 0.717) is 55.9 Å². The Balaban J connectivity index is 1.24. The first-order chi connectivity index (χ1) is 37.1. The van der Waals surface area contributed by atoms with Gasteiger partial charge in [0, 0.05) is 62.1 Å². The normalized spacial score (nSPS) is 22.6. The van der Waals surface area contributed by atoms with Crippen LogP contribution in [0.5, 0.6) is 11.5 Å². The molecular weight excluding hydrogens is 991 g/mol. The third kappa shape index (κ3) is 11.9. The van der Waals surface area contributed by atoms with Crippen LogP contribution in [-0.2, 0) is 59.4 Å². The van der Waals surface area contributed by atoms with E-state index in [-0.39, 0.29) is 50.7 Å². The summed E-state index contributed by atoms with van der Waals surface area (Å²) in [5.41, 5.74) is 9.65. The second-order valence-electron chi connectivity index (χ2n) is 23.5. The summed E-state index contributed by atoms with van der Waals surface area (Å²) in [6, 6.07) is 20.6. The van der Waals surface area contributed by atoms with E-state index in [4.69, 9.17) is 28.7 Å². The molecule has 6 atom stereocenters. The van der Waals surface area contributed by atoms with Gasteiger partial charge in [0.1, 0.15) is 48.4 Å². The Morgan fingerprint density at radius 2 is 1.68 bits per heavy atom. The maximum absolute atomic E-state index is 15.0. The lowest BCUT2D eigenvalue weighted by Crippen LogP contribution is -2.62. The molecule has 0 spiro atoms. The Hall–Kier alpha value is -6.98. The Labute approximate surface area is 458 Å². The Morgan fingerprint density at radius 1 is 0.910 bits per heavy atom. The highest BCUT2D eigenvalue weighted by atomic mass is 16.6. The molecule has 2 N–H and O–H groups in total. The van der Waals surface area contributed by atoms with E-state index in [2.05, 4.69) is 54.3 Å². The SMILES string of the molecule is CCn1c(-c2cc(OCc3ccccc3)cnc2[C@H](C)OC)c2c3cc(ccc31)-c1cc3cc(c1)OC[C@@H]1[C@H](CCN1C(=O)OC(C)(C)C)C(=O)N(C)[C@@H](C(C)C)C(=O)N[C@@H](C3)C(=O)N1CCC[C@H](N1)C(=O)OCC(C)(C)C2. The lowest BCUT2D eigenvalue weighted by Gasteiger charge is -2.37.